The number of hydrogen-bond donors (Lipinski definition) is 0. The minimum atomic E-state index is -3.59. The zero-order valence-corrected chi connectivity index (χ0v) is 33.0. The third-order valence-corrected chi connectivity index (χ3v) is 21.4. The molecule has 11 aromatic rings. The summed E-state index contributed by atoms with van der Waals surface area (Å²) in [4.78, 5) is 16.2. The summed E-state index contributed by atoms with van der Waals surface area (Å²) in [5, 5.41) is 4.62. The van der Waals surface area contributed by atoms with Crippen LogP contribution in [0.2, 0.25) is 0 Å². The van der Waals surface area contributed by atoms with Crippen molar-refractivity contribution in [1.29, 1.82) is 0 Å². The molecule has 0 amide bonds. The van der Waals surface area contributed by atoms with Gasteiger partial charge in [-0.05, 0) is 0 Å². The first-order chi connectivity index (χ1) is 28.3. The van der Waals surface area contributed by atoms with Crippen LogP contribution in [0.15, 0.2) is 212 Å². The van der Waals surface area contributed by atoms with Gasteiger partial charge in [0.25, 0.3) is 0 Å². The Balaban J connectivity index is 1.22. The van der Waals surface area contributed by atoms with Gasteiger partial charge in [0.1, 0.15) is 0 Å². The molecule has 0 fully saturated rings. The van der Waals surface area contributed by atoms with E-state index in [9.17, 15) is 0 Å². The molecule has 11 rings (SSSR count). The molecule has 0 spiro atoms. The van der Waals surface area contributed by atoms with Gasteiger partial charge >= 0.3 is 334 Å². The van der Waals surface area contributed by atoms with Gasteiger partial charge in [-0.1, -0.05) is 0 Å². The normalized spacial score (nSPS) is 11.9. The Morgan fingerprint density at radius 1 is 0.298 bits per heavy atom. The molecule has 0 bridgehead atoms. The van der Waals surface area contributed by atoms with Crippen molar-refractivity contribution in [2.45, 2.75) is 0 Å². The van der Waals surface area contributed by atoms with E-state index >= 15 is 0 Å². The number of benzene rings is 8. The quantitative estimate of drug-likeness (QED) is 0.152. The molecule has 0 aliphatic carbocycles. The van der Waals surface area contributed by atoms with E-state index in [1.807, 2.05) is 0 Å². The Hall–Kier alpha value is -7.09. The second kappa shape index (κ2) is 13.6. The molecular weight excluding hydrogens is 755 g/mol. The van der Waals surface area contributed by atoms with Crippen LogP contribution in [0.25, 0.3) is 66.9 Å². The molecule has 3 heterocycles. The van der Waals surface area contributed by atoms with Gasteiger partial charge in [-0.25, -0.2) is 0 Å². The van der Waals surface area contributed by atoms with Crippen molar-refractivity contribution in [3.05, 3.63) is 212 Å². The van der Waals surface area contributed by atoms with Crippen molar-refractivity contribution in [1.82, 2.24) is 24.1 Å². The molecule has 0 aliphatic heterocycles. The molecular formula is C51H35GeN5. The van der Waals surface area contributed by atoms with Crippen molar-refractivity contribution in [2.24, 2.45) is 0 Å². The first-order valence-corrected chi connectivity index (χ1v) is 23.5. The molecule has 0 saturated carbocycles. The van der Waals surface area contributed by atoms with Gasteiger partial charge in [0.05, 0.1) is 0 Å². The minimum absolute atomic E-state index is 0.571. The molecule has 268 valence electrons. The van der Waals surface area contributed by atoms with E-state index in [1.165, 1.54) is 17.6 Å². The van der Waals surface area contributed by atoms with Gasteiger partial charge in [0, 0.05) is 0 Å². The summed E-state index contributed by atoms with van der Waals surface area (Å²) in [6.07, 6.45) is 0. The van der Waals surface area contributed by atoms with Crippen LogP contribution in [0.1, 0.15) is 0 Å². The van der Waals surface area contributed by atoms with E-state index in [-0.39, 0.29) is 0 Å². The van der Waals surface area contributed by atoms with E-state index < -0.39 is 13.3 Å². The van der Waals surface area contributed by atoms with Crippen LogP contribution >= 0.6 is 0 Å². The number of nitrogens with zero attached hydrogens (tertiary/aromatic N) is 5. The molecule has 0 unspecified atom stereocenters. The molecule has 0 aliphatic rings. The van der Waals surface area contributed by atoms with E-state index in [0.29, 0.717) is 17.7 Å². The van der Waals surface area contributed by atoms with Crippen LogP contribution in [-0.4, -0.2) is 37.4 Å². The number of para-hydroxylation sites is 4. The van der Waals surface area contributed by atoms with Gasteiger partial charge < -0.3 is 0 Å². The van der Waals surface area contributed by atoms with Crippen molar-refractivity contribution >= 4 is 74.5 Å². The van der Waals surface area contributed by atoms with Crippen LogP contribution in [0.3, 0.4) is 0 Å². The summed E-state index contributed by atoms with van der Waals surface area (Å²) < 4.78 is 9.76. The Kier molecular flexibility index (Phi) is 7.93. The average molecular weight is 790 g/mol. The van der Waals surface area contributed by atoms with Gasteiger partial charge in [-0.2, -0.15) is 0 Å². The van der Waals surface area contributed by atoms with Gasteiger partial charge in [-0.15, -0.1) is 0 Å². The van der Waals surface area contributed by atoms with Crippen molar-refractivity contribution in [3.63, 3.8) is 0 Å². The van der Waals surface area contributed by atoms with E-state index in [0.717, 1.165) is 49.2 Å². The average Bonchev–Trinajstić information content (AvgIpc) is 3.81. The van der Waals surface area contributed by atoms with E-state index in [1.54, 1.807) is 0 Å². The first-order valence-electron chi connectivity index (χ1n) is 19.3. The maximum absolute atomic E-state index is 5.41. The molecule has 5 nitrogen and oxygen atoms in total. The summed E-state index contributed by atoms with van der Waals surface area (Å²) in [6.45, 7) is 0. The topological polar surface area (TPSA) is 48.5 Å². The fraction of sp³-hybridized carbons (Fsp3) is 0. The number of aromatic nitrogens is 5. The molecule has 0 N–H and O–H groups in total. The second-order valence-corrected chi connectivity index (χ2v) is 22.4. The van der Waals surface area contributed by atoms with E-state index in [4.69, 9.17) is 15.0 Å². The molecule has 0 saturated heterocycles. The predicted molar refractivity (Wildman–Crippen MR) is 238 cm³/mol. The molecule has 6 heteroatoms. The molecule has 0 atom stereocenters. The molecule has 8 aromatic carbocycles. The zero-order chi connectivity index (χ0) is 37.8. The molecule has 3 aromatic heterocycles. The summed E-state index contributed by atoms with van der Waals surface area (Å²) in [5.74, 6) is 1.76. The fourth-order valence-corrected chi connectivity index (χ4v) is 19.0. The Labute approximate surface area is 332 Å². The van der Waals surface area contributed by atoms with Crippen LogP contribution in [0.4, 0.5) is 0 Å². The first kappa shape index (κ1) is 33.3. The van der Waals surface area contributed by atoms with E-state index in [2.05, 4.69) is 221 Å². The van der Waals surface area contributed by atoms with Crippen LogP contribution in [0, 0.1) is 0 Å². The number of rotatable bonds is 7. The van der Waals surface area contributed by atoms with Crippen molar-refractivity contribution in [2.75, 3.05) is 0 Å². The third kappa shape index (κ3) is 5.27. The van der Waals surface area contributed by atoms with Crippen molar-refractivity contribution in [3.8, 4) is 23.3 Å². The monoisotopic (exact) mass is 791 g/mol. The Bertz CT molecular complexity index is 2910. The SMILES string of the molecule is c1cc[c]([Ge]([c]2ccccc2)([c]2ccccc2)[c]2cccc(-c3nc(-n4c5ccccc5c5ccccc54)nc(-n4c5ccccc5c5ccccc54)n3)c2)cc1. The van der Waals surface area contributed by atoms with Crippen LogP contribution < -0.4 is 17.6 Å². The van der Waals surface area contributed by atoms with Crippen LogP contribution in [0.5, 0.6) is 0 Å². The second-order valence-electron chi connectivity index (χ2n) is 14.4. The van der Waals surface area contributed by atoms with Gasteiger partial charge in [0.2, 0.25) is 0 Å². The number of fused-ring (bicyclic) bond motifs is 6. The Morgan fingerprint density at radius 3 is 1.02 bits per heavy atom. The van der Waals surface area contributed by atoms with Gasteiger partial charge in [-0.3, -0.25) is 0 Å². The summed E-state index contributed by atoms with van der Waals surface area (Å²) in [5.41, 5.74) is 5.12. The maximum atomic E-state index is 5.41. The van der Waals surface area contributed by atoms with Crippen LogP contribution in [-0.2, 0) is 0 Å². The Morgan fingerprint density at radius 2 is 0.632 bits per heavy atom. The zero-order valence-electron chi connectivity index (χ0n) is 30.9. The summed E-state index contributed by atoms with van der Waals surface area (Å²) >= 11 is -3.59. The summed E-state index contributed by atoms with van der Waals surface area (Å²) in [6, 6.07) is 76.3. The fourth-order valence-electron chi connectivity index (χ4n) is 8.92. The molecule has 57 heavy (non-hydrogen) atoms. The predicted octanol–water partition coefficient (Wildman–Crippen LogP) is 9.11. The summed E-state index contributed by atoms with van der Waals surface area (Å²) in [7, 11) is 0. The standard InChI is InChI=1S/C51H35GeN5/c1-4-20-37(21-5-1)52(38-22-6-2-7-23-38,39-24-8-3-9-25-39)40-26-18-19-36(35-40)49-53-50(56-45-31-14-10-27-41(45)42-28-11-15-32-46(42)56)55-51(54-49)57-47-33-16-12-29-43(47)44-30-13-17-34-48(44)57/h1-35H. The number of hydrogen-bond acceptors (Lipinski definition) is 3. The third-order valence-electron chi connectivity index (χ3n) is 11.3. The van der Waals surface area contributed by atoms with Gasteiger partial charge in [0.15, 0.2) is 0 Å². The molecule has 0 radical (unpaired) electrons. The van der Waals surface area contributed by atoms with Crippen molar-refractivity contribution < 1.29 is 0 Å².